The molecule has 1 aromatic carbocycles. The lowest BCUT2D eigenvalue weighted by molar-refractivity contribution is -0.132. The Labute approximate surface area is 158 Å². The van der Waals surface area contributed by atoms with E-state index in [4.69, 9.17) is 0 Å². The zero-order valence-corrected chi connectivity index (χ0v) is 15.8. The molecule has 0 saturated heterocycles. The van der Waals surface area contributed by atoms with Crippen LogP contribution < -0.4 is 0 Å². The van der Waals surface area contributed by atoms with Gasteiger partial charge in [-0.25, -0.2) is 0 Å². The fraction of sp³-hybridized carbons (Fsp3) is 0.316. The number of likely N-dealkylation sites (N-methyl/N-ethyl adjacent to an activating group) is 1. The monoisotopic (exact) mass is 384 g/mol. The van der Waals surface area contributed by atoms with E-state index in [1.807, 2.05) is 17.0 Å². The zero-order chi connectivity index (χ0) is 19.0. The Morgan fingerprint density at radius 1 is 1.15 bits per heavy atom. The number of hydrogen-bond donors (Lipinski definition) is 0. The van der Waals surface area contributed by atoms with Gasteiger partial charge < -0.3 is 9.80 Å². The molecule has 1 aliphatic heterocycles. The number of carbonyl (C=O) groups is 1. The summed E-state index contributed by atoms with van der Waals surface area (Å²) in [6.45, 7) is 0.603. The third-order valence-corrected chi connectivity index (χ3v) is 6.08. The number of pyridine rings is 1. The van der Waals surface area contributed by atoms with Gasteiger partial charge in [0.25, 0.3) is 10.0 Å². The van der Waals surface area contributed by atoms with Crippen LogP contribution in [0.15, 0.2) is 58.1 Å². The van der Waals surface area contributed by atoms with E-state index in [2.05, 4.69) is 9.38 Å². The van der Waals surface area contributed by atoms with Crippen molar-refractivity contribution in [2.75, 3.05) is 13.6 Å². The Morgan fingerprint density at radius 2 is 1.85 bits per heavy atom. The molecule has 1 amide bonds. The van der Waals surface area contributed by atoms with Crippen LogP contribution in [0.5, 0.6) is 0 Å². The van der Waals surface area contributed by atoms with Crippen molar-refractivity contribution in [3.8, 4) is 0 Å². The van der Waals surface area contributed by atoms with Crippen LogP contribution in [-0.2, 0) is 21.4 Å². The largest absolute Gasteiger partial charge is 0.349 e. The lowest BCUT2D eigenvalue weighted by atomic mass is 10.2. The van der Waals surface area contributed by atoms with E-state index in [1.165, 1.54) is 6.07 Å². The first-order valence-electron chi connectivity index (χ1n) is 8.79. The van der Waals surface area contributed by atoms with Crippen molar-refractivity contribution >= 4 is 21.8 Å². The summed E-state index contributed by atoms with van der Waals surface area (Å²) in [5.74, 6) is 0.278. The number of sulfonamides is 1. The number of amides is 1. The Kier molecular flexibility index (Phi) is 4.43. The lowest BCUT2D eigenvalue weighted by Gasteiger charge is -2.26. The number of rotatable bonds is 5. The van der Waals surface area contributed by atoms with Crippen molar-refractivity contribution in [2.45, 2.75) is 30.3 Å². The van der Waals surface area contributed by atoms with E-state index in [0.29, 0.717) is 17.9 Å². The minimum Gasteiger partial charge on any atom is -0.349 e. The zero-order valence-electron chi connectivity index (χ0n) is 14.9. The van der Waals surface area contributed by atoms with Gasteiger partial charge in [-0.2, -0.15) is 8.42 Å². The molecular formula is C19H20N4O3S. The smallest absolute Gasteiger partial charge is 0.285 e. The van der Waals surface area contributed by atoms with Gasteiger partial charge in [0.1, 0.15) is 4.90 Å². The lowest BCUT2D eigenvalue weighted by Crippen LogP contribution is -2.41. The van der Waals surface area contributed by atoms with Gasteiger partial charge in [0.2, 0.25) is 5.91 Å². The topological polar surface area (TPSA) is 82.9 Å². The fourth-order valence-electron chi connectivity index (χ4n) is 3.22. The quantitative estimate of drug-likeness (QED) is 0.783. The third kappa shape index (κ3) is 3.57. The Hall–Kier alpha value is -2.74. The predicted molar refractivity (Wildman–Crippen MR) is 101 cm³/mol. The second kappa shape index (κ2) is 6.77. The molecule has 1 aliphatic carbocycles. The highest BCUT2D eigenvalue weighted by Gasteiger charge is 2.35. The number of benzene rings is 1. The van der Waals surface area contributed by atoms with Crippen molar-refractivity contribution in [2.24, 2.45) is 4.40 Å². The van der Waals surface area contributed by atoms with Crippen LogP contribution in [0.1, 0.15) is 24.0 Å². The van der Waals surface area contributed by atoms with Crippen molar-refractivity contribution in [3.05, 3.63) is 59.9 Å². The first-order chi connectivity index (χ1) is 13.0. The van der Waals surface area contributed by atoms with Crippen LogP contribution in [0.25, 0.3) is 0 Å². The molecule has 140 valence electrons. The molecule has 7 nitrogen and oxygen atoms in total. The summed E-state index contributed by atoms with van der Waals surface area (Å²) in [4.78, 5) is 20.6. The van der Waals surface area contributed by atoms with E-state index < -0.39 is 10.0 Å². The normalized spacial score (nSPS) is 17.1. The maximum absolute atomic E-state index is 12.9. The van der Waals surface area contributed by atoms with E-state index >= 15 is 0 Å². The Morgan fingerprint density at radius 3 is 2.56 bits per heavy atom. The molecule has 2 aliphatic rings. The molecule has 0 spiro atoms. The molecule has 0 bridgehead atoms. The summed E-state index contributed by atoms with van der Waals surface area (Å²) in [5, 5.41) is 0. The summed E-state index contributed by atoms with van der Waals surface area (Å²) in [5.41, 5.74) is 1.57. The summed E-state index contributed by atoms with van der Waals surface area (Å²) < 4.78 is 28.3. The van der Waals surface area contributed by atoms with Gasteiger partial charge in [-0.1, -0.05) is 12.1 Å². The summed E-state index contributed by atoms with van der Waals surface area (Å²) in [6.07, 6.45) is 5.43. The first kappa shape index (κ1) is 17.7. The average Bonchev–Trinajstić information content (AvgIpc) is 3.46. The Bertz CT molecular complexity index is 1000. The highest BCUT2D eigenvalue weighted by molar-refractivity contribution is 7.90. The number of fused-ring (bicyclic) bond motifs is 1. The van der Waals surface area contributed by atoms with Crippen LogP contribution in [0.2, 0.25) is 0 Å². The predicted octanol–water partition coefficient (Wildman–Crippen LogP) is 1.65. The maximum Gasteiger partial charge on any atom is 0.285 e. The molecule has 0 radical (unpaired) electrons. The van der Waals surface area contributed by atoms with Crippen molar-refractivity contribution in [1.29, 1.82) is 0 Å². The van der Waals surface area contributed by atoms with Gasteiger partial charge in [0.05, 0.1) is 6.54 Å². The van der Waals surface area contributed by atoms with Crippen LogP contribution in [0.3, 0.4) is 0 Å². The van der Waals surface area contributed by atoms with Gasteiger partial charge >= 0.3 is 0 Å². The average molecular weight is 384 g/mol. The van der Waals surface area contributed by atoms with E-state index in [0.717, 1.165) is 18.4 Å². The van der Waals surface area contributed by atoms with Crippen LogP contribution in [0.4, 0.5) is 0 Å². The Balaban J connectivity index is 1.52. The number of aromatic nitrogens is 1. The minimum atomic E-state index is -3.69. The molecule has 4 rings (SSSR count). The first-order valence-corrected chi connectivity index (χ1v) is 10.2. The van der Waals surface area contributed by atoms with Crippen LogP contribution in [-0.4, -0.2) is 54.6 Å². The SMILES string of the molecule is CN(CC(=O)N(Cc1ccncc1)C1CC1)C1=NS(=O)(=O)c2ccccc21. The second-order valence-electron chi connectivity index (χ2n) is 6.85. The highest BCUT2D eigenvalue weighted by Crippen LogP contribution is 2.30. The molecular weight excluding hydrogens is 364 g/mol. The van der Waals surface area contributed by atoms with E-state index in [9.17, 15) is 13.2 Å². The standard InChI is InChI=1S/C19H20N4O3S/c1-22(19-16-4-2-3-5-17(16)27(25,26)21-19)13-18(24)23(15-6-7-15)12-14-8-10-20-11-9-14/h2-5,8-11,15H,6-7,12-13H2,1H3. The molecule has 1 fully saturated rings. The molecule has 27 heavy (non-hydrogen) atoms. The fourth-order valence-corrected chi connectivity index (χ4v) is 4.48. The number of carbonyl (C=O) groups excluding carboxylic acids is 1. The molecule has 2 heterocycles. The summed E-state index contributed by atoms with van der Waals surface area (Å²) in [6, 6.07) is 10.7. The van der Waals surface area contributed by atoms with Gasteiger partial charge in [0, 0.05) is 37.6 Å². The van der Waals surface area contributed by atoms with Gasteiger partial charge in [-0.3, -0.25) is 9.78 Å². The molecule has 0 unspecified atom stereocenters. The van der Waals surface area contributed by atoms with E-state index in [1.54, 1.807) is 42.5 Å². The molecule has 1 saturated carbocycles. The number of amidine groups is 1. The summed E-state index contributed by atoms with van der Waals surface area (Å²) >= 11 is 0. The molecule has 0 atom stereocenters. The molecule has 2 aromatic rings. The molecule has 8 heteroatoms. The highest BCUT2D eigenvalue weighted by atomic mass is 32.2. The van der Waals surface area contributed by atoms with Gasteiger partial charge in [-0.05, 0) is 42.7 Å². The van der Waals surface area contributed by atoms with Crippen LogP contribution >= 0.6 is 0 Å². The van der Waals surface area contributed by atoms with E-state index in [-0.39, 0.29) is 23.4 Å². The van der Waals surface area contributed by atoms with Crippen LogP contribution in [0, 0.1) is 0 Å². The molecule has 0 N–H and O–H groups in total. The van der Waals surface area contributed by atoms with Crippen molar-refractivity contribution in [1.82, 2.24) is 14.8 Å². The van der Waals surface area contributed by atoms with Crippen molar-refractivity contribution < 1.29 is 13.2 Å². The van der Waals surface area contributed by atoms with Gasteiger partial charge in [0.15, 0.2) is 5.84 Å². The number of nitrogens with zero attached hydrogens (tertiary/aromatic N) is 4. The maximum atomic E-state index is 12.9. The minimum absolute atomic E-state index is 0.0405. The summed E-state index contributed by atoms with van der Waals surface area (Å²) in [7, 11) is -1.99. The second-order valence-corrected chi connectivity index (χ2v) is 8.42. The molecule has 1 aromatic heterocycles. The number of hydrogen-bond acceptors (Lipinski definition) is 5. The van der Waals surface area contributed by atoms with Gasteiger partial charge in [-0.15, -0.1) is 4.40 Å². The van der Waals surface area contributed by atoms with Crippen molar-refractivity contribution in [3.63, 3.8) is 0 Å². The third-order valence-electron chi connectivity index (χ3n) is 4.76.